The molecule has 9 heteroatoms. The van der Waals surface area contributed by atoms with E-state index in [1.54, 1.807) is 6.08 Å². The normalized spacial score (nSPS) is 14.7. The molecule has 0 aromatic heterocycles. The van der Waals surface area contributed by atoms with Crippen molar-refractivity contribution in [2.45, 2.75) is 206 Å². The van der Waals surface area contributed by atoms with Gasteiger partial charge in [0.1, 0.15) is 13.2 Å². The first-order chi connectivity index (χ1) is 26.0. The van der Waals surface area contributed by atoms with Gasteiger partial charge < -0.3 is 19.8 Å². The third-order valence-electron chi connectivity index (χ3n) is 9.83. The minimum atomic E-state index is -4.34. The monoisotopic (exact) mass is 784 g/mol. The van der Waals surface area contributed by atoms with Crippen molar-refractivity contribution in [3.8, 4) is 0 Å². The Labute approximate surface area is 334 Å². The molecule has 1 amide bonds. The molecule has 0 saturated carbocycles. The van der Waals surface area contributed by atoms with Crippen LogP contribution >= 0.6 is 7.82 Å². The van der Waals surface area contributed by atoms with Crippen LogP contribution in [0.5, 0.6) is 0 Å². The number of nitrogens with zero attached hydrogens (tertiary/aromatic N) is 1. The number of hydrogen-bond acceptors (Lipinski definition) is 5. The Morgan fingerprint density at radius 1 is 0.611 bits per heavy atom. The second kappa shape index (κ2) is 37.3. The highest BCUT2D eigenvalue weighted by molar-refractivity contribution is 7.47. The third-order valence-corrected chi connectivity index (χ3v) is 10.8. The van der Waals surface area contributed by atoms with Gasteiger partial charge in [-0.3, -0.25) is 13.8 Å². The molecule has 318 valence electrons. The van der Waals surface area contributed by atoms with Crippen molar-refractivity contribution in [3.05, 3.63) is 36.5 Å². The van der Waals surface area contributed by atoms with E-state index < -0.39 is 20.0 Å². The Morgan fingerprint density at radius 2 is 1.02 bits per heavy atom. The Morgan fingerprint density at radius 3 is 1.52 bits per heavy atom. The average molecular weight is 784 g/mol. The second-order valence-electron chi connectivity index (χ2n) is 16.4. The van der Waals surface area contributed by atoms with Crippen LogP contribution in [-0.2, 0) is 18.4 Å². The molecular weight excluding hydrogens is 695 g/mol. The van der Waals surface area contributed by atoms with Crippen molar-refractivity contribution in [1.29, 1.82) is 0 Å². The summed E-state index contributed by atoms with van der Waals surface area (Å²) in [6.07, 6.45) is 45.2. The van der Waals surface area contributed by atoms with Crippen LogP contribution in [0.15, 0.2) is 36.5 Å². The van der Waals surface area contributed by atoms with Gasteiger partial charge >= 0.3 is 7.82 Å². The Kier molecular flexibility index (Phi) is 36.4. The summed E-state index contributed by atoms with van der Waals surface area (Å²) in [4.78, 5) is 23.0. The van der Waals surface area contributed by atoms with Gasteiger partial charge in [-0.1, -0.05) is 166 Å². The largest absolute Gasteiger partial charge is 0.472 e. The van der Waals surface area contributed by atoms with Crippen LogP contribution in [0.3, 0.4) is 0 Å². The standard InChI is InChI=1S/C45H87N2O6P/c1-6-8-10-12-14-16-17-18-19-20-21-22-23-24-25-26-27-28-29-31-33-35-37-39-45(49)46-43(42-53-54(50,51)52-41-40-47(3,4)5)44(48)38-36-34-32-30-15-13-11-9-7-2/h15,18-19,30,36,38,43-44,48H,6-14,16-17,20-29,31-35,37,39-42H2,1-5H3,(H-,46,49,50,51)/p+1/b19-18+,30-15+,38-36+/t43-,44+/m0/s1. The number of allylic oxidation sites excluding steroid dienone is 5. The molecule has 0 aromatic rings. The summed E-state index contributed by atoms with van der Waals surface area (Å²) in [5.41, 5.74) is 0. The van der Waals surface area contributed by atoms with E-state index in [1.807, 2.05) is 27.2 Å². The quantitative estimate of drug-likeness (QED) is 0.0247. The van der Waals surface area contributed by atoms with E-state index in [-0.39, 0.29) is 19.1 Å². The summed E-state index contributed by atoms with van der Waals surface area (Å²) >= 11 is 0. The smallest absolute Gasteiger partial charge is 0.387 e. The molecular formula is C45H88N2O6P+. The van der Waals surface area contributed by atoms with Crippen LogP contribution in [0.25, 0.3) is 0 Å². The molecule has 8 nitrogen and oxygen atoms in total. The molecule has 0 radical (unpaired) electrons. The minimum Gasteiger partial charge on any atom is -0.387 e. The van der Waals surface area contributed by atoms with E-state index in [0.29, 0.717) is 17.4 Å². The van der Waals surface area contributed by atoms with Crippen molar-refractivity contribution in [3.63, 3.8) is 0 Å². The summed E-state index contributed by atoms with van der Waals surface area (Å²) in [6, 6.07) is -0.859. The van der Waals surface area contributed by atoms with E-state index in [1.165, 1.54) is 135 Å². The lowest BCUT2D eigenvalue weighted by Gasteiger charge is -2.25. The Bertz CT molecular complexity index is 980. The highest BCUT2D eigenvalue weighted by Crippen LogP contribution is 2.43. The molecule has 3 atom stereocenters. The fourth-order valence-corrected chi connectivity index (χ4v) is 6.96. The first kappa shape index (κ1) is 52.7. The average Bonchev–Trinajstić information content (AvgIpc) is 3.12. The number of aliphatic hydroxyl groups is 1. The maximum Gasteiger partial charge on any atom is 0.472 e. The van der Waals surface area contributed by atoms with E-state index in [9.17, 15) is 19.4 Å². The van der Waals surface area contributed by atoms with Crippen molar-refractivity contribution >= 4 is 13.7 Å². The molecule has 0 saturated heterocycles. The van der Waals surface area contributed by atoms with Gasteiger partial charge in [-0.2, -0.15) is 0 Å². The predicted molar refractivity (Wildman–Crippen MR) is 231 cm³/mol. The van der Waals surface area contributed by atoms with Crippen molar-refractivity contribution < 1.29 is 32.9 Å². The summed E-state index contributed by atoms with van der Waals surface area (Å²) < 4.78 is 23.5. The molecule has 0 aromatic carbocycles. The molecule has 0 aliphatic carbocycles. The highest BCUT2D eigenvalue weighted by Gasteiger charge is 2.27. The summed E-state index contributed by atoms with van der Waals surface area (Å²) in [5, 5.41) is 13.7. The molecule has 0 heterocycles. The number of amides is 1. The van der Waals surface area contributed by atoms with Crippen molar-refractivity contribution in [1.82, 2.24) is 5.32 Å². The lowest BCUT2D eigenvalue weighted by molar-refractivity contribution is -0.870. The number of rotatable bonds is 40. The summed E-state index contributed by atoms with van der Waals surface area (Å²) in [5.74, 6) is -0.190. The van der Waals surface area contributed by atoms with Crippen molar-refractivity contribution in [2.24, 2.45) is 0 Å². The fourth-order valence-electron chi connectivity index (χ4n) is 6.23. The maximum atomic E-state index is 12.8. The SMILES string of the molecule is CCCCC/C=C/CC/C=C/[C@@H](O)[C@H](COP(=O)(O)OCC[N+](C)(C)C)NC(=O)CCCCCCCCCCCCCCC/C=C/CCCCCCCC. The lowest BCUT2D eigenvalue weighted by Crippen LogP contribution is -2.45. The number of aliphatic hydroxyl groups excluding tert-OH is 1. The topological polar surface area (TPSA) is 105 Å². The van der Waals surface area contributed by atoms with Gasteiger partial charge in [0.15, 0.2) is 0 Å². The molecule has 0 spiro atoms. The van der Waals surface area contributed by atoms with Crippen LogP contribution in [0, 0.1) is 0 Å². The van der Waals surface area contributed by atoms with Crippen LogP contribution in [0.2, 0.25) is 0 Å². The predicted octanol–water partition coefficient (Wildman–Crippen LogP) is 12.3. The molecule has 0 fully saturated rings. The maximum absolute atomic E-state index is 12.8. The Balaban J connectivity index is 4.21. The number of carbonyl (C=O) groups is 1. The number of hydrogen-bond donors (Lipinski definition) is 3. The molecule has 0 aliphatic rings. The summed E-state index contributed by atoms with van der Waals surface area (Å²) in [6.45, 7) is 4.73. The van der Waals surface area contributed by atoms with Crippen LogP contribution in [-0.4, -0.2) is 73.4 Å². The number of likely N-dealkylation sites (N-methyl/N-ethyl adjacent to an activating group) is 1. The van der Waals surface area contributed by atoms with Gasteiger partial charge in [0.2, 0.25) is 5.91 Å². The second-order valence-corrected chi connectivity index (χ2v) is 17.9. The van der Waals surface area contributed by atoms with Crippen LogP contribution < -0.4 is 5.32 Å². The fraction of sp³-hybridized carbons (Fsp3) is 0.844. The van der Waals surface area contributed by atoms with E-state index in [2.05, 4.69) is 43.5 Å². The molecule has 3 N–H and O–H groups in total. The van der Waals surface area contributed by atoms with Gasteiger partial charge in [-0.15, -0.1) is 0 Å². The molecule has 0 bridgehead atoms. The van der Waals surface area contributed by atoms with Gasteiger partial charge in [0, 0.05) is 6.42 Å². The number of carbonyl (C=O) groups excluding carboxylic acids is 1. The lowest BCUT2D eigenvalue weighted by atomic mass is 10.0. The van der Waals surface area contributed by atoms with Gasteiger partial charge in [-0.05, 0) is 57.8 Å². The zero-order chi connectivity index (χ0) is 40.0. The molecule has 1 unspecified atom stereocenters. The third kappa shape index (κ3) is 39.0. The minimum absolute atomic E-state index is 0.0561. The van der Waals surface area contributed by atoms with E-state index in [4.69, 9.17) is 9.05 Å². The first-order valence-electron chi connectivity index (χ1n) is 22.4. The van der Waals surface area contributed by atoms with Crippen LogP contribution in [0.1, 0.15) is 194 Å². The number of quaternary nitrogens is 1. The zero-order valence-corrected chi connectivity index (χ0v) is 36.9. The summed E-state index contributed by atoms with van der Waals surface area (Å²) in [7, 11) is 1.55. The number of phosphoric acid groups is 1. The van der Waals surface area contributed by atoms with E-state index in [0.717, 1.165) is 38.5 Å². The number of phosphoric ester groups is 1. The van der Waals surface area contributed by atoms with Crippen molar-refractivity contribution in [2.75, 3.05) is 40.9 Å². The number of nitrogens with one attached hydrogen (secondary N) is 1. The molecule has 0 rings (SSSR count). The van der Waals surface area contributed by atoms with Gasteiger partial charge in [0.05, 0.1) is 39.9 Å². The molecule has 0 aliphatic heterocycles. The number of unbranched alkanes of at least 4 members (excludes halogenated alkanes) is 23. The molecule has 54 heavy (non-hydrogen) atoms. The van der Waals surface area contributed by atoms with Gasteiger partial charge in [0.25, 0.3) is 0 Å². The van der Waals surface area contributed by atoms with Gasteiger partial charge in [-0.25, -0.2) is 4.57 Å². The first-order valence-corrected chi connectivity index (χ1v) is 23.9. The zero-order valence-electron chi connectivity index (χ0n) is 36.0. The Hall–Kier alpha value is -1.28. The van der Waals surface area contributed by atoms with E-state index >= 15 is 0 Å². The highest BCUT2D eigenvalue weighted by atomic mass is 31.2. The van der Waals surface area contributed by atoms with Crippen LogP contribution in [0.4, 0.5) is 0 Å².